The molecular weight excluding hydrogens is 314 g/mol. The summed E-state index contributed by atoms with van der Waals surface area (Å²) in [5, 5.41) is 0. The Morgan fingerprint density at radius 3 is 2.68 bits per heavy atom. The molecule has 5 nitrogen and oxygen atoms in total. The summed E-state index contributed by atoms with van der Waals surface area (Å²) in [7, 11) is 2.09. The lowest BCUT2D eigenvalue weighted by atomic mass is 10.1. The maximum atomic E-state index is 12.8. The summed E-state index contributed by atoms with van der Waals surface area (Å²) >= 11 is 0. The summed E-state index contributed by atoms with van der Waals surface area (Å²) in [5.41, 5.74) is 2.77. The van der Waals surface area contributed by atoms with Crippen LogP contribution in [0.2, 0.25) is 0 Å². The number of H-pyrrole nitrogens is 1. The molecule has 5 heteroatoms. The van der Waals surface area contributed by atoms with E-state index >= 15 is 0 Å². The summed E-state index contributed by atoms with van der Waals surface area (Å²) in [6.45, 7) is 5.86. The fourth-order valence-corrected chi connectivity index (χ4v) is 3.56. The monoisotopic (exact) mass is 339 g/mol. The Morgan fingerprint density at radius 2 is 2.00 bits per heavy atom. The molecule has 1 unspecified atom stereocenters. The molecule has 3 rings (SSSR count). The normalized spacial score (nSPS) is 17.3. The summed E-state index contributed by atoms with van der Waals surface area (Å²) in [6.07, 6.45) is 0.928. The number of likely N-dealkylation sites (tertiary alicyclic amines) is 1. The second kappa shape index (κ2) is 7.23. The third-order valence-corrected chi connectivity index (χ3v) is 4.93. The van der Waals surface area contributed by atoms with Gasteiger partial charge in [-0.05, 0) is 44.5 Å². The number of aromatic nitrogens is 1. The van der Waals surface area contributed by atoms with Gasteiger partial charge in [0.1, 0.15) is 5.56 Å². The largest absolute Gasteiger partial charge is 0.337 e. The van der Waals surface area contributed by atoms with Gasteiger partial charge in [0.05, 0.1) is 0 Å². The molecule has 0 spiro atoms. The van der Waals surface area contributed by atoms with Crippen LogP contribution in [0.15, 0.2) is 41.2 Å². The standard InChI is InChI=1S/C20H25N3O2/c1-14-11-15(2)21-19(24)18(14)20(25)23-10-9-17(13-23)22(3)12-16-7-5-4-6-8-16/h4-8,11,17H,9-10,12-13H2,1-3H3,(H,21,24). The first-order valence-corrected chi connectivity index (χ1v) is 8.69. The lowest BCUT2D eigenvalue weighted by molar-refractivity contribution is 0.0777. The SMILES string of the molecule is Cc1cc(C)c(C(=O)N2CCC(N(C)Cc3ccccc3)C2)c(=O)[nH]1. The number of aryl methyl sites for hydroxylation is 2. The van der Waals surface area contributed by atoms with E-state index in [4.69, 9.17) is 0 Å². The number of pyridine rings is 1. The van der Waals surface area contributed by atoms with Crippen LogP contribution in [-0.4, -0.2) is 46.9 Å². The number of benzene rings is 1. The van der Waals surface area contributed by atoms with Crippen LogP contribution in [0.1, 0.15) is 33.6 Å². The van der Waals surface area contributed by atoms with E-state index < -0.39 is 0 Å². The van der Waals surface area contributed by atoms with Crippen LogP contribution in [0.3, 0.4) is 0 Å². The Hall–Kier alpha value is -2.40. The third-order valence-electron chi connectivity index (χ3n) is 4.93. The fourth-order valence-electron chi connectivity index (χ4n) is 3.56. The Kier molecular flexibility index (Phi) is 5.04. The van der Waals surface area contributed by atoms with E-state index in [9.17, 15) is 9.59 Å². The van der Waals surface area contributed by atoms with Crippen LogP contribution in [0.25, 0.3) is 0 Å². The summed E-state index contributed by atoms with van der Waals surface area (Å²) in [5.74, 6) is -0.158. The summed E-state index contributed by atoms with van der Waals surface area (Å²) in [6, 6.07) is 12.5. The van der Waals surface area contributed by atoms with Gasteiger partial charge in [0.2, 0.25) is 0 Å². The number of likely N-dealkylation sites (N-methyl/N-ethyl adjacent to an activating group) is 1. The molecular formula is C20H25N3O2. The molecule has 1 saturated heterocycles. The predicted molar refractivity (Wildman–Crippen MR) is 98.8 cm³/mol. The van der Waals surface area contributed by atoms with Crippen molar-refractivity contribution in [3.05, 3.63) is 69.1 Å². The highest BCUT2D eigenvalue weighted by atomic mass is 16.2. The number of amides is 1. The molecule has 25 heavy (non-hydrogen) atoms. The van der Waals surface area contributed by atoms with Gasteiger partial charge in [-0.1, -0.05) is 30.3 Å². The Morgan fingerprint density at radius 1 is 1.28 bits per heavy atom. The van der Waals surface area contributed by atoms with Crippen molar-refractivity contribution in [2.45, 2.75) is 32.9 Å². The average molecular weight is 339 g/mol. The lowest BCUT2D eigenvalue weighted by Crippen LogP contribution is -2.38. The number of nitrogens with zero attached hydrogens (tertiary/aromatic N) is 2. The van der Waals surface area contributed by atoms with Crippen molar-refractivity contribution in [3.63, 3.8) is 0 Å². The van der Waals surface area contributed by atoms with Crippen LogP contribution in [0.5, 0.6) is 0 Å². The third kappa shape index (κ3) is 3.82. The molecule has 0 saturated carbocycles. The molecule has 1 N–H and O–H groups in total. The number of carbonyl (C=O) groups is 1. The molecule has 1 aliphatic heterocycles. The molecule has 1 fully saturated rings. The minimum Gasteiger partial charge on any atom is -0.337 e. The van der Waals surface area contributed by atoms with Gasteiger partial charge in [-0.2, -0.15) is 0 Å². The minimum atomic E-state index is -0.288. The highest BCUT2D eigenvalue weighted by Crippen LogP contribution is 2.19. The first-order chi connectivity index (χ1) is 12.0. The number of hydrogen-bond acceptors (Lipinski definition) is 3. The zero-order valence-electron chi connectivity index (χ0n) is 15.1. The topological polar surface area (TPSA) is 56.4 Å². The number of nitrogens with one attached hydrogen (secondary N) is 1. The minimum absolute atomic E-state index is 0.158. The molecule has 1 amide bonds. The molecule has 1 aromatic heterocycles. The van der Waals surface area contributed by atoms with Gasteiger partial charge in [-0.25, -0.2) is 0 Å². The van der Waals surface area contributed by atoms with E-state index in [1.807, 2.05) is 38.1 Å². The van der Waals surface area contributed by atoms with Crippen LogP contribution in [0.4, 0.5) is 0 Å². The van der Waals surface area contributed by atoms with E-state index in [0.717, 1.165) is 24.2 Å². The summed E-state index contributed by atoms with van der Waals surface area (Å²) < 4.78 is 0. The Labute approximate surface area is 148 Å². The number of carbonyl (C=O) groups excluding carboxylic acids is 1. The average Bonchev–Trinajstić information content (AvgIpc) is 3.05. The van der Waals surface area contributed by atoms with Crippen molar-refractivity contribution in [1.82, 2.24) is 14.8 Å². The van der Waals surface area contributed by atoms with Crippen molar-refractivity contribution in [3.8, 4) is 0 Å². The molecule has 1 atom stereocenters. The predicted octanol–water partition coefficient (Wildman–Crippen LogP) is 2.34. The van der Waals surface area contributed by atoms with E-state index in [1.165, 1.54) is 5.56 Å². The second-order valence-electron chi connectivity index (χ2n) is 6.93. The summed E-state index contributed by atoms with van der Waals surface area (Å²) in [4.78, 5) is 31.8. The fraction of sp³-hybridized carbons (Fsp3) is 0.400. The van der Waals surface area contributed by atoms with Crippen molar-refractivity contribution >= 4 is 5.91 Å². The van der Waals surface area contributed by atoms with E-state index in [-0.39, 0.29) is 17.0 Å². The van der Waals surface area contributed by atoms with Crippen LogP contribution < -0.4 is 5.56 Å². The number of hydrogen-bond donors (Lipinski definition) is 1. The zero-order valence-corrected chi connectivity index (χ0v) is 15.1. The number of rotatable bonds is 4. The highest BCUT2D eigenvalue weighted by molar-refractivity contribution is 5.95. The maximum Gasteiger partial charge on any atom is 0.261 e. The van der Waals surface area contributed by atoms with Crippen molar-refractivity contribution in [1.29, 1.82) is 0 Å². The van der Waals surface area contributed by atoms with Gasteiger partial charge in [-0.3, -0.25) is 14.5 Å². The zero-order chi connectivity index (χ0) is 18.0. The molecule has 1 aliphatic rings. The quantitative estimate of drug-likeness (QED) is 0.930. The highest BCUT2D eigenvalue weighted by Gasteiger charge is 2.31. The van der Waals surface area contributed by atoms with Gasteiger partial charge < -0.3 is 9.88 Å². The van der Waals surface area contributed by atoms with E-state index in [1.54, 1.807) is 4.90 Å². The van der Waals surface area contributed by atoms with Gasteiger partial charge >= 0.3 is 0 Å². The molecule has 2 heterocycles. The van der Waals surface area contributed by atoms with Gasteiger partial charge in [-0.15, -0.1) is 0 Å². The van der Waals surface area contributed by atoms with Crippen molar-refractivity contribution < 1.29 is 4.79 Å². The van der Waals surface area contributed by atoms with Gasteiger partial charge in [0, 0.05) is 31.4 Å². The van der Waals surface area contributed by atoms with Crippen LogP contribution in [-0.2, 0) is 6.54 Å². The van der Waals surface area contributed by atoms with Gasteiger partial charge in [0.25, 0.3) is 11.5 Å². The van der Waals surface area contributed by atoms with E-state index in [2.05, 4.69) is 29.1 Å². The molecule has 0 aliphatic carbocycles. The van der Waals surface area contributed by atoms with Crippen molar-refractivity contribution in [2.24, 2.45) is 0 Å². The smallest absolute Gasteiger partial charge is 0.261 e. The molecule has 0 bridgehead atoms. The van der Waals surface area contributed by atoms with Crippen LogP contribution >= 0.6 is 0 Å². The first kappa shape index (κ1) is 17.4. The molecule has 0 radical (unpaired) electrons. The van der Waals surface area contributed by atoms with E-state index in [0.29, 0.717) is 19.1 Å². The maximum absolute atomic E-state index is 12.8. The second-order valence-corrected chi connectivity index (χ2v) is 6.93. The first-order valence-electron chi connectivity index (χ1n) is 8.69. The van der Waals surface area contributed by atoms with Gasteiger partial charge in [0.15, 0.2) is 0 Å². The van der Waals surface area contributed by atoms with Crippen LogP contribution in [0, 0.1) is 13.8 Å². The Balaban J connectivity index is 1.68. The molecule has 1 aromatic carbocycles. The Bertz CT molecular complexity index is 813. The lowest BCUT2D eigenvalue weighted by Gasteiger charge is -2.25. The molecule has 132 valence electrons. The van der Waals surface area contributed by atoms with Crippen molar-refractivity contribution in [2.75, 3.05) is 20.1 Å². The number of aromatic amines is 1. The molecule has 2 aromatic rings.